The fourth-order valence-corrected chi connectivity index (χ4v) is 6.62. The Labute approximate surface area is 270 Å². The van der Waals surface area contributed by atoms with Crippen LogP contribution in [0.25, 0.3) is 0 Å². The molecule has 2 heterocycles. The molecule has 3 N–H and O–H groups in total. The molecule has 12 heteroatoms. The first-order valence-electron chi connectivity index (χ1n) is 16.8. The van der Waals surface area contributed by atoms with Crippen molar-refractivity contribution in [2.24, 2.45) is 11.8 Å². The predicted octanol–water partition coefficient (Wildman–Crippen LogP) is 3.52. The fourth-order valence-electron chi connectivity index (χ4n) is 6.62. The van der Waals surface area contributed by atoms with E-state index in [0.29, 0.717) is 43.2 Å². The van der Waals surface area contributed by atoms with E-state index in [0.717, 1.165) is 58.0 Å². The molecule has 3 aliphatic rings. The normalized spacial score (nSPS) is 19.6. The van der Waals surface area contributed by atoms with Gasteiger partial charge in [0.15, 0.2) is 0 Å². The van der Waals surface area contributed by atoms with Crippen LogP contribution < -0.4 is 16.0 Å². The van der Waals surface area contributed by atoms with E-state index in [9.17, 15) is 19.2 Å². The van der Waals surface area contributed by atoms with E-state index in [-0.39, 0.29) is 23.4 Å². The fraction of sp³-hybridized carbons (Fsp3) is 0.618. The van der Waals surface area contributed by atoms with E-state index in [2.05, 4.69) is 25.9 Å². The summed E-state index contributed by atoms with van der Waals surface area (Å²) >= 11 is 0. The summed E-state index contributed by atoms with van der Waals surface area (Å²) in [4.78, 5) is 57.3. The molecule has 11 nitrogen and oxygen atoms in total. The van der Waals surface area contributed by atoms with Gasteiger partial charge in [-0.1, -0.05) is 32.3 Å². The number of aryl methyl sites for hydroxylation is 1. The van der Waals surface area contributed by atoms with Crippen LogP contribution in [0, 0.1) is 17.7 Å². The Morgan fingerprint density at radius 3 is 2.35 bits per heavy atom. The first-order valence-corrected chi connectivity index (χ1v) is 16.8. The van der Waals surface area contributed by atoms with Gasteiger partial charge in [-0.3, -0.25) is 23.9 Å². The van der Waals surface area contributed by atoms with Gasteiger partial charge in [-0.05, 0) is 75.3 Å². The summed E-state index contributed by atoms with van der Waals surface area (Å²) in [6, 6.07) is 4.45. The first kappa shape index (κ1) is 33.6. The molecule has 1 aliphatic heterocycles. The molecule has 2 saturated carbocycles. The van der Waals surface area contributed by atoms with Crippen molar-refractivity contribution in [2.45, 2.75) is 89.8 Å². The molecule has 46 heavy (non-hydrogen) atoms. The Morgan fingerprint density at radius 1 is 0.978 bits per heavy atom. The van der Waals surface area contributed by atoms with E-state index in [1.807, 2.05) is 20.9 Å². The summed E-state index contributed by atoms with van der Waals surface area (Å²) < 4.78 is 17.2. The molecule has 2 aromatic rings. The highest BCUT2D eigenvalue weighted by atomic mass is 19.1. The standard InChI is InChI=1S/C34H48FN7O4/c1-4-42-28(14-15-36-42)32(44)39-31(24-8-6-5-7-9-24)33(45)37-27-13-12-25(21-26(27)35)22(2)30(38-29(43)20-23-10-11-23)34(46)41-18-16-40(3)17-19-41/h12-15,21-24,30-31H,4-11,16-20H2,1-3H3,(H,37,45)(H,38,43)(H,39,44)/t22-,30+,31-/m0/s1. The number of rotatable bonds is 12. The molecule has 1 aromatic carbocycles. The summed E-state index contributed by atoms with van der Waals surface area (Å²) in [5.74, 6) is -2.06. The largest absolute Gasteiger partial charge is 0.344 e. The van der Waals surface area contributed by atoms with Gasteiger partial charge in [0.1, 0.15) is 23.6 Å². The average Bonchev–Trinajstić information content (AvgIpc) is 3.74. The number of carbonyl (C=O) groups is 4. The second-order valence-corrected chi connectivity index (χ2v) is 13.2. The van der Waals surface area contributed by atoms with E-state index >= 15 is 4.39 Å². The molecule has 1 aromatic heterocycles. The van der Waals surface area contributed by atoms with Gasteiger partial charge >= 0.3 is 0 Å². The van der Waals surface area contributed by atoms with E-state index in [4.69, 9.17) is 0 Å². The van der Waals surface area contributed by atoms with Crippen molar-refractivity contribution in [1.82, 2.24) is 30.2 Å². The lowest BCUT2D eigenvalue weighted by atomic mass is 9.83. The van der Waals surface area contributed by atoms with Crippen LogP contribution in [0.3, 0.4) is 0 Å². The lowest BCUT2D eigenvalue weighted by Gasteiger charge is -2.36. The van der Waals surface area contributed by atoms with Gasteiger partial charge in [0.05, 0.1) is 5.69 Å². The quantitative estimate of drug-likeness (QED) is 0.327. The Kier molecular flexibility index (Phi) is 11.1. The van der Waals surface area contributed by atoms with Crippen LogP contribution in [0.15, 0.2) is 30.5 Å². The third-order valence-electron chi connectivity index (χ3n) is 9.78. The molecule has 0 radical (unpaired) electrons. The third-order valence-corrected chi connectivity index (χ3v) is 9.78. The number of piperazine rings is 1. The summed E-state index contributed by atoms with van der Waals surface area (Å²) in [6.45, 7) is 6.84. The van der Waals surface area contributed by atoms with Crippen molar-refractivity contribution in [3.8, 4) is 0 Å². The van der Waals surface area contributed by atoms with Crippen LogP contribution in [0.1, 0.15) is 87.2 Å². The number of nitrogens with zero attached hydrogens (tertiary/aromatic N) is 4. The predicted molar refractivity (Wildman–Crippen MR) is 173 cm³/mol. The molecule has 250 valence electrons. The number of anilines is 1. The maximum atomic E-state index is 15.7. The van der Waals surface area contributed by atoms with Crippen molar-refractivity contribution in [3.05, 3.63) is 47.5 Å². The van der Waals surface area contributed by atoms with Gasteiger partial charge in [0, 0.05) is 51.3 Å². The van der Waals surface area contributed by atoms with Gasteiger partial charge in [-0.15, -0.1) is 0 Å². The van der Waals surface area contributed by atoms with E-state index in [1.165, 1.54) is 12.1 Å². The first-order chi connectivity index (χ1) is 22.1. The molecule has 3 atom stereocenters. The number of hydrogen-bond donors (Lipinski definition) is 3. The topological polar surface area (TPSA) is 129 Å². The lowest BCUT2D eigenvalue weighted by molar-refractivity contribution is -0.138. The Morgan fingerprint density at radius 2 is 1.70 bits per heavy atom. The summed E-state index contributed by atoms with van der Waals surface area (Å²) in [7, 11) is 2.01. The monoisotopic (exact) mass is 637 g/mol. The lowest BCUT2D eigenvalue weighted by Crippen LogP contribution is -2.55. The maximum Gasteiger partial charge on any atom is 0.270 e. The summed E-state index contributed by atoms with van der Waals surface area (Å²) in [5.41, 5.74) is 0.902. The van der Waals surface area contributed by atoms with Crippen molar-refractivity contribution in [3.63, 3.8) is 0 Å². The maximum absolute atomic E-state index is 15.7. The highest BCUT2D eigenvalue weighted by Crippen LogP contribution is 2.33. The highest BCUT2D eigenvalue weighted by molar-refractivity contribution is 6.00. The SMILES string of the molecule is CCn1nccc1C(=O)N[C@H](C(=O)Nc1ccc([C@H](C)[C@@H](NC(=O)CC2CC2)C(=O)N2CCN(C)CC2)cc1F)C1CCCCC1. The molecular weight excluding hydrogens is 589 g/mol. The van der Waals surface area contributed by atoms with Crippen LogP contribution in [-0.4, -0.2) is 88.5 Å². The smallest absolute Gasteiger partial charge is 0.270 e. The minimum absolute atomic E-state index is 0.00526. The number of benzene rings is 1. The molecule has 5 rings (SSSR count). The Hall–Kier alpha value is -3.80. The van der Waals surface area contributed by atoms with E-state index < -0.39 is 35.6 Å². The second kappa shape index (κ2) is 15.2. The van der Waals surface area contributed by atoms with Crippen molar-refractivity contribution < 1.29 is 23.6 Å². The van der Waals surface area contributed by atoms with Crippen molar-refractivity contribution in [1.29, 1.82) is 0 Å². The molecule has 2 aliphatic carbocycles. The average molecular weight is 638 g/mol. The van der Waals surface area contributed by atoms with Gasteiger partial charge in [-0.25, -0.2) is 4.39 Å². The van der Waals surface area contributed by atoms with E-state index in [1.54, 1.807) is 27.9 Å². The number of amides is 4. The van der Waals surface area contributed by atoms with Crippen molar-refractivity contribution in [2.75, 3.05) is 38.5 Å². The molecular formula is C34H48FN7O4. The highest BCUT2D eigenvalue weighted by Gasteiger charge is 2.35. The number of halogens is 1. The van der Waals surface area contributed by atoms with Gasteiger partial charge < -0.3 is 25.8 Å². The zero-order chi connectivity index (χ0) is 32.8. The molecule has 0 spiro atoms. The molecule has 3 fully saturated rings. The molecule has 0 bridgehead atoms. The Balaban J connectivity index is 1.31. The minimum Gasteiger partial charge on any atom is -0.344 e. The van der Waals surface area contributed by atoms with Gasteiger partial charge in [0.2, 0.25) is 17.7 Å². The molecule has 0 unspecified atom stereocenters. The number of aromatic nitrogens is 2. The summed E-state index contributed by atoms with van der Waals surface area (Å²) in [5, 5.41) is 12.8. The zero-order valence-electron chi connectivity index (χ0n) is 27.3. The number of likely N-dealkylation sites (N-methyl/N-ethyl adjacent to an activating group) is 1. The summed E-state index contributed by atoms with van der Waals surface area (Å²) in [6.07, 6.45) is 8.56. The third kappa shape index (κ3) is 8.31. The number of carbonyl (C=O) groups excluding carboxylic acids is 4. The minimum atomic E-state index is -0.836. The zero-order valence-corrected chi connectivity index (χ0v) is 27.3. The van der Waals surface area contributed by atoms with Crippen LogP contribution in [0.5, 0.6) is 0 Å². The van der Waals surface area contributed by atoms with Crippen LogP contribution in [0.4, 0.5) is 10.1 Å². The van der Waals surface area contributed by atoms with Crippen molar-refractivity contribution >= 4 is 29.3 Å². The van der Waals surface area contributed by atoms with Crippen LogP contribution >= 0.6 is 0 Å². The number of nitrogens with one attached hydrogen (secondary N) is 3. The molecule has 1 saturated heterocycles. The van der Waals surface area contributed by atoms with Gasteiger partial charge in [-0.2, -0.15) is 5.10 Å². The second-order valence-electron chi connectivity index (χ2n) is 13.2. The molecule has 4 amide bonds. The van der Waals surface area contributed by atoms with Crippen LogP contribution in [-0.2, 0) is 20.9 Å². The van der Waals surface area contributed by atoms with Crippen LogP contribution in [0.2, 0.25) is 0 Å². The Bertz CT molecular complexity index is 1400. The van der Waals surface area contributed by atoms with Gasteiger partial charge in [0.25, 0.3) is 5.91 Å². The number of hydrogen-bond acceptors (Lipinski definition) is 6.